The number of ether oxygens (including phenoxy) is 1. The van der Waals surface area contributed by atoms with Crippen molar-refractivity contribution in [2.75, 3.05) is 18.4 Å². The van der Waals surface area contributed by atoms with Crippen molar-refractivity contribution in [1.82, 2.24) is 4.72 Å². The van der Waals surface area contributed by atoms with Gasteiger partial charge in [-0.3, -0.25) is 4.79 Å². The predicted octanol–water partition coefficient (Wildman–Crippen LogP) is 2.24. The summed E-state index contributed by atoms with van der Waals surface area (Å²) < 4.78 is 32.9. The van der Waals surface area contributed by atoms with Crippen molar-refractivity contribution in [1.29, 1.82) is 0 Å². The zero-order valence-electron chi connectivity index (χ0n) is 16.1. The summed E-state index contributed by atoms with van der Waals surface area (Å²) in [6.07, 6.45) is 4.42. The molecule has 0 spiro atoms. The molecule has 0 aromatic heterocycles. The van der Waals surface area contributed by atoms with Gasteiger partial charge in [0.25, 0.3) is 5.91 Å². The second-order valence-electron chi connectivity index (χ2n) is 7.13. The maximum Gasteiger partial charge on any atom is 0.253 e. The van der Waals surface area contributed by atoms with Gasteiger partial charge in [-0.15, -0.1) is 0 Å². The lowest BCUT2D eigenvalue weighted by molar-refractivity contribution is -0.133. The Bertz CT molecular complexity index is 723. The van der Waals surface area contributed by atoms with Crippen LogP contribution in [0.15, 0.2) is 29.2 Å². The molecule has 1 aliphatic rings. The van der Waals surface area contributed by atoms with E-state index in [0.717, 1.165) is 19.3 Å². The first-order valence-electron chi connectivity index (χ1n) is 9.61. The number of sulfonamides is 1. The topological polar surface area (TPSA) is 111 Å². The minimum atomic E-state index is -3.65. The molecule has 8 heteroatoms. The van der Waals surface area contributed by atoms with Gasteiger partial charge in [0.2, 0.25) is 10.0 Å². The van der Waals surface area contributed by atoms with Crippen molar-refractivity contribution in [3.8, 4) is 0 Å². The average Bonchev–Trinajstić information content (AvgIpc) is 2.64. The lowest BCUT2D eigenvalue weighted by Crippen LogP contribution is -2.35. The molecule has 1 saturated carbocycles. The van der Waals surface area contributed by atoms with E-state index in [0.29, 0.717) is 18.0 Å². The van der Waals surface area contributed by atoms with Crippen LogP contribution in [-0.4, -0.2) is 39.6 Å². The summed E-state index contributed by atoms with van der Waals surface area (Å²) in [6.45, 7) is 4.49. The SMILES string of the molecule is CCC(OC1CCCC(C)C1)C(=O)Nc1cccc(S(=O)(=O)NCCN)c1. The molecular formula is C19H31N3O4S. The number of hydrogen-bond acceptors (Lipinski definition) is 5. The molecule has 152 valence electrons. The Kier molecular flexibility index (Phi) is 8.22. The van der Waals surface area contributed by atoms with Gasteiger partial charge in [-0.2, -0.15) is 0 Å². The van der Waals surface area contributed by atoms with Gasteiger partial charge < -0.3 is 15.8 Å². The molecule has 1 aliphatic carbocycles. The molecule has 0 heterocycles. The molecule has 1 aromatic carbocycles. The summed E-state index contributed by atoms with van der Waals surface area (Å²) in [6, 6.07) is 6.17. The largest absolute Gasteiger partial charge is 0.365 e. The molecule has 27 heavy (non-hydrogen) atoms. The highest BCUT2D eigenvalue weighted by Gasteiger charge is 2.26. The molecular weight excluding hydrogens is 366 g/mol. The number of nitrogens with one attached hydrogen (secondary N) is 2. The van der Waals surface area contributed by atoms with Crippen LogP contribution < -0.4 is 15.8 Å². The van der Waals surface area contributed by atoms with Gasteiger partial charge in [0.05, 0.1) is 11.0 Å². The van der Waals surface area contributed by atoms with E-state index in [4.69, 9.17) is 10.5 Å². The lowest BCUT2D eigenvalue weighted by atomic mass is 9.88. The van der Waals surface area contributed by atoms with Crippen LogP contribution in [0, 0.1) is 5.92 Å². The van der Waals surface area contributed by atoms with Crippen LogP contribution in [-0.2, 0) is 19.6 Å². The summed E-state index contributed by atoms with van der Waals surface area (Å²) in [7, 11) is -3.65. The maximum absolute atomic E-state index is 12.6. The molecule has 1 aromatic rings. The molecule has 1 amide bonds. The Morgan fingerprint density at radius 3 is 2.81 bits per heavy atom. The Morgan fingerprint density at radius 2 is 2.15 bits per heavy atom. The summed E-state index contributed by atoms with van der Waals surface area (Å²) in [4.78, 5) is 12.7. The minimum absolute atomic E-state index is 0.0869. The van der Waals surface area contributed by atoms with Crippen molar-refractivity contribution in [3.05, 3.63) is 24.3 Å². The number of nitrogens with two attached hydrogens (primary N) is 1. The van der Waals surface area contributed by atoms with Crippen LogP contribution in [0.2, 0.25) is 0 Å². The van der Waals surface area contributed by atoms with Crippen LogP contribution in [0.25, 0.3) is 0 Å². The highest BCUT2D eigenvalue weighted by Crippen LogP contribution is 2.27. The zero-order chi connectivity index (χ0) is 19.9. The summed E-state index contributed by atoms with van der Waals surface area (Å²) in [5, 5.41) is 2.78. The van der Waals surface area contributed by atoms with Gasteiger partial charge in [-0.25, -0.2) is 13.1 Å². The smallest absolute Gasteiger partial charge is 0.253 e. The van der Waals surface area contributed by atoms with Gasteiger partial charge in [0.15, 0.2) is 0 Å². The van der Waals surface area contributed by atoms with E-state index in [-0.39, 0.29) is 30.0 Å². The summed E-state index contributed by atoms with van der Waals surface area (Å²) >= 11 is 0. The highest BCUT2D eigenvalue weighted by atomic mass is 32.2. The molecule has 2 rings (SSSR count). The van der Waals surface area contributed by atoms with Crippen molar-refractivity contribution >= 4 is 21.6 Å². The maximum atomic E-state index is 12.6. The summed E-state index contributed by atoms with van der Waals surface area (Å²) in [5.74, 6) is 0.368. The van der Waals surface area contributed by atoms with E-state index in [1.165, 1.54) is 18.6 Å². The van der Waals surface area contributed by atoms with E-state index in [2.05, 4.69) is 17.0 Å². The minimum Gasteiger partial charge on any atom is -0.365 e. The second-order valence-corrected chi connectivity index (χ2v) is 8.90. The number of anilines is 1. The van der Waals surface area contributed by atoms with Crippen molar-refractivity contribution in [2.24, 2.45) is 11.7 Å². The Labute approximate surface area is 162 Å². The van der Waals surface area contributed by atoms with Crippen LogP contribution in [0.1, 0.15) is 46.0 Å². The zero-order valence-corrected chi connectivity index (χ0v) is 16.9. The van der Waals surface area contributed by atoms with E-state index in [1.807, 2.05) is 6.92 Å². The number of hydrogen-bond donors (Lipinski definition) is 3. The van der Waals surface area contributed by atoms with Crippen LogP contribution >= 0.6 is 0 Å². The fourth-order valence-corrected chi connectivity index (χ4v) is 4.41. The van der Waals surface area contributed by atoms with Gasteiger partial charge in [-0.1, -0.05) is 32.8 Å². The third-order valence-electron chi connectivity index (χ3n) is 4.76. The molecule has 4 N–H and O–H groups in total. The van der Waals surface area contributed by atoms with Gasteiger partial charge >= 0.3 is 0 Å². The van der Waals surface area contributed by atoms with Crippen molar-refractivity contribution in [3.63, 3.8) is 0 Å². The first-order chi connectivity index (χ1) is 12.9. The van der Waals surface area contributed by atoms with Gasteiger partial charge in [0.1, 0.15) is 6.10 Å². The Balaban J connectivity index is 2.02. The third kappa shape index (κ3) is 6.57. The van der Waals surface area contributed by atoms with E-state index in [9.17, 15) is 13.2 Å². The normalized spacial score (nSPS) is 21.6. The Hall–Kier alpha value is -1.48. The molecule has 1 fully saturated rings. The van der Waals surface area contributed by atoms with Gasteiger partial charge in [-0.05, 0) is 43.4 Å². The molecule has 0 radical (unpaired) electrons. The number of benzene rings is 1. The molecule has 0 bridgehead atoms. The number of rotatable bonds is 9. The first-order valence-corrected chi connectivity index (χ1v) is 11.1. The molecule has 3 unspecified atom stereocenters. The first kappa shape index (κ1) is 21.8. The standard InChI is InChI=1S/C19H31N3O4S/c1-3-18(26-16-8-4-6-14(2)12-16)19(23)22-15-7-5-9-17(13-15)27(24,25)21-11-10-20/h5,7,9,13-14,16,18,21H,3-4,6,8,10-12,20H2,1-2H3,(H,22,23). The lowest BCUT2D eigenvalue weighted by Gasteiger charge is -2.29. The van der Waals surface area contributed by atoms with Crippen molar-refractivity contribution in [2.45, 2.75) is 63.1 Å². The Morgan fingerprint density at radius 1 is 1.37 bits per heavy atom. The van der Waals surface area contributed by atoms with Crippen LogP contribution in [0.3, 0.4) is 0 Å². The van der Waals surface area contributed by atoms with E-state index in [1.54, 1.807) is 12.1 Å². The van der Waals surface area contributed by atoms with E-state index >= 15 is 0 Å². The van der Waals surface area contributed by atoms with E-state index < -0.39 is 16.1 Å². The third-order valence-corrected chi connectivity index (χ3v) is 6.22. The number of carbonyl (C=O) groups is 1. The fraction of sp³-hybridized carbons (Fsp3) is 0.632. The molecule has 0 saturated heterocycles. The molecule has 0 aliphatic heterocycles. The molecule has 3 atom stereocenters. The summed E-state index contributed by atoms with van der Waals surface area (Å²) in [5.41, 5.74) is 5.77. The van der Waals surface area contributed by atoms with Crippen molar-refractivity contribution < 1.29 is 17.9 Å². The fourth-order valence-electron chi connectivity index (χ4n) is 3.32. The predicted molar refractivity (Wildman–Crippen MR) is 106 cm³/mol. The van der Waals surface area contributed by atoms with Crippen LogP contribution in [0.5, 0.6) is 0 Å². The quantitative estimate of drug-likeness (QED) is 0.592. The van der Waals surface area contributed by atoms with Gasteiger partial charge in [0, 0.05) is 18.8 Å². The second kappa shape index (κ2) is 10.2. The molecule has 7 nitrogen and oxygen atoms in total. The monoisotopic (exact) mass is 397 g/mol. The van der Waals surface area contributed by atoms with Crippen LogP contribution in [0.4, 0.5) is 5.69 Å². The number of amides is 1. The average molecular weight is 398 g/mol. The highest BCUT2D eigenvalue weighted by molar-refractivity contribution is 7.89. The number of carbonyl (C=O) groups excluding carboxylic acids is 1.